The standard InChI is InChI=1S/C14H29B/c1-10-12(5,6)13(10,7)9-14(8,15)11(2,3)4/h10H,9,15H2,1-8H3. The van der Waals surface area contributed by atoms with E-state index in [1.54, 1.807) is 0 Å². The van der Waals surface area contributed by atoms with Crippen molar-refractivity contribution in [3.05, 3.63) is 0 Å². The van der Waals surface area contributed by atoms with E-state index in [0.717, 1.165) is 5.92 Å². The highest BCUT2D eigenvalue weighted by atomic mass is 14.7. The summed E-state index contributed by atoms with van der Waals surface area (Å²) >= 11 is 0. The topological polar surface area (TPSA) is 0 Å². The quantitative estimate of drug-likeness (QED) is 0.603. The van der Waals surface area contributed by atoms with E-state index in [1.807, 2.05) is 0 Å². The molecule has 0 aliphatic heterocycles. The second-order valence-corrected chi connectivity index (χ2v) is 8.17. The molecule has 0 heterocycles. The summed E-state index contributed by atoms with van der Waals surface area (Å²) in [6.07, 6.45) is 1.34. The zero-order chi connectivity index (χ0) is 12.3. The normalized spacial score (nSPS) is 38.5. The molecule has 0 bridgehead atoms. The molecule has 0 aromatic rings. The number of hydrogen-bond donors (Lipinski definition) is 0. The Hall–Kier alpha value is 0.0649. The van der Waals surface area contributed by atoms with Gasteiger partial charge in [0.15, 0.2) is 0 Å². The van der Waals surface area contributed by atoms with E-state index >= 15 is 0 Å². The summed E-state index contributed by atoms with van der Waals surface area (Å²) in [5.41, 5.74) is 1.48. The highest BCUT2D eigenvalue weighted by molar-refractivity contribution is 6.15. The minimum Gasteiger partial charge on any atom is -0.0664 e. The van der Waals surface area contributed by atoms with Crippen LogP contribution in [0.2, 0.25) is 5.31 Å². The summed E-state index contributed by atoms with van der Waals surface area (Å²) in [7, 11) is 2.43. The van der Waals surface area contributed by atoms with Crippen LogP contribution in [0.1, 0.15) is 61.8 Å². The molecule has 1 aliphatic carbocycles. The van der Waals surface area contributed by atoms with Gasteiger partial charge in [0.1, 0.15) is 7.85 Å². The minimum absolute atomic E-state index is 0.397. The number of hydrogen-bond acceptors (Lipinski definition) is 0. The van der Waals surface area contributed by atoms with Crippen LogP contribution < -0.4 is 0 Å². The molecule has 1 heteroatoms. The van der Waals surface area contributed by atoms with Crippen LogP contribution in [0, 0.1) is 22.2 Å². The minimum atomic E-state index is 0.397. The van der Waals surface area contributed by atoms with Gasteiger partial charge in [0, 0.05) is 0 Å². The molecule has 0 amide bonds. The molecule has 1 fully saturated rings. The molecule has 15 heavy (non-hydrogen) atoms. The van der Waals surface area contributed by atoms with Crippen LogP contribution in [-0.4, -0.2) is 7.85 Å². The molecular formula is C14H29B. The second kappa shape index (κ2) is 3.05. The Labute approximate surface area is 97.6 Å². The Bertz CT molecular complexity index is 241. The van der Waals surface area contributed by atoms with Gasteiger partial charge in [-0.25, -0.2) is 0 Å². The molecule has 88 valence electrons. The van der Waals surface area contributed by atoms with Gasteiger partial charge in [0.2, 0.25) is 0 Å². The van der Waals surface area contributed by atoms with Crippen molar-refractivity contribution < 1.29 is 0 Å². The van der Waals surface area contributed by atoms with Crippen molar-refractivity contribution >= 4 is 7.85 Å². The van der Waals surface area contributed by atoms with Crippen LogP contribution in [0.3, 0.4) is 0 Å². The fraction of sp³-hybridized carbons (Fsp3) is 1.00. The van der Waals surface area contributed by atoms with Gasteiger partial charge in [-0.3, -0.25) is 0 Å². The lowest BCUT2D eigenvalue weighted by atomic mass is 9.51. The highest BCUT2D eigenvalue weighted by Gasteiger charge is 2.66. The summed E-state index contributed by atoms with van der Waals surface area (Å²) in [5.74, 6) is 0.867. The average Bonchev–Trinajstić information content (AvgIpc) is 2.31. The molecule has 0 N–H and O–H groups in total. The Morgan fingerprint density at radius 3 is 1.60 bits per heavy atom. The lowest BCUT2D eigenvalue weighted by Gasteiger charge is -2.42. The second-order valence-electron chi connectivity index (χ2n) is 8.17. The third-order valence-electron chi connectivity index (χ3n) is 6.27. The van der Waals surface area contributed by atoms with E-state index in [9.17, 15) is 0 Å². The van der Waals surface area contributed by atoms with Gasteiger partial charge < -0.3 is 0 Å². The van der Waals surface area contributed by atoms with Crippen LogP contribution >= 0.6 is 0 Å². The molecule has 1 rings (SSSR count). The molecular weight excluding hydrogens is 179 g/mol. The molecule has 1 saturated carbocycles. The molecule has 0 aromatic heterocycles. The van der Waals surface area contributed by atoms with E-state index in [-0.39, 0.29) is 0 Å². The maximum atomic E-state index is 2.48. The monoisotopic (exact) mass is 208 g/mol. The fourth-order valence-corrected chi connectivity index (χ4v) is 2.94. The average molecular weight is 208 g/mol. The summed E-state index contributed by atoms with van der Waals surface area (Å²) in [6, 6.07) is 0. The highest BCUT2D eigenvalue weighted by Crippen LogP contribution is 2.73. The van der Waals surface area contributed by atoms with E-state index in [1.165, 1.54) is 6.42 Å². The molecule has 0 spiro atoms. The fourth-order valence-electron chi connectivity index (χ4n) is 2.94. The molecule has 3 atom stereocenters. The molecule has 1 aliphatic rings. The van der Waals surface area contributed by atoms with Gasteiger partial charge in [-0.2, -0.15) is 0 Å². The first kappa shape index (κ1) is 13.1. The summed E-state index contributed by atoms with van der Waals surface area (Å²) in [6.45, 7) is 19.3. The van der Waals surface area contributed by atoms with Crippen LogP contribution in [0.4, 0.5) is 0 Å². The zero-order valence-electron chi connectivity index (χ0n) is 12.3. The van der Waals surface area contributed by atoms with Crippen LogP contribution in [0.15, 0.2) is 0 Å². The van der Waals surface area contributed by atoms with Crippen molar-refractivity contribution in [2.24, 2.45) is 22.2 Å². The predicted octanol–water partition coefficient (Wildman–Crippen LogP) is 3.92. The lowest BCUT2D eigenvalue weighted by Crippen LogP contribution is -2.30. The zero-order valence-corrected chi connectivity index (χ0v) is 12.3. The van der Waals surface area contributed by atoms with Gasteiger partial charge in [-0.15, -0.1) is 0 Å². The molecule has 3 unspecified atom stereocenters. The van der Waals surface area contributed by atoms with Crippen molar-refractivity contribution in [2.45, 2.75) is 67.1 Å². The van der Waals surface area contributed by atoms with Crippen molar-refractivity contribution in [3.63, 3.8) is 0 Å². The largest absolute Gasteiger partial charge is 0.109 e. The first-order chi connectivity index (χ1) is 6.36. The van der Waals surface area contributed by atoms with Gasteiger partial charge >= 0.3 is 0 Å². The Morgan fingerprint density at radius 2 is 1.40 bits per heavy atom. The SMILES string of the molecule is BC(C)(CC1(C)C(C)C1(C)C)C(C)(C)C. The van der Waals surface area contributed by atoms with Crippen molar-refractivity contribution in [3.8, 4) is 0 Å². The van der Waals surface area contributed by atoms with Crippen LogP contribution in [0.5, 0.6) is 0 Å². The van der Waals surface area contributed by atoms with Gasteiger partial charge in [-0.05, 0) is 28.6 Å². The van der Waals surface area contributed by atoms with Gasteiger partial charge in [-0.1, -0.05) is 60.7 Å². The van der Waals surface area contributed by atoms with E-state index in [2.05, 4.69) is 63.2 Å². The first-order valence-corrected chi connectivity index (χ1v) is 6.36. The van der Waals surface area contributed by atoms with E-state index in [0.29, 0.717) is 21.6 Å². The Balaban J connectivity index is 2.81. The summed E-state index contributed by atoms with van der Waals surface area (Å²) in [5, 5.41) is 0.420. The first-order valence-electron chi connectivity index (χ1n) is 6.36. The molecule has 0 saturated heterocycles. The molecule has 0 nitrogen and oxygen atoms in total. The molecule has 0 radical (unpaired) electrons. The third-order valence-corrected chi connectivity index (χ3v) is 6.27. The predicted molar refractivity (Wildman–Crippen MR) is 72.0 cm³/mol. The van der Waals surface area contributed by atoms with Crippen molar-refractivity contribution in [2.75, 3.05) is 0 Å². The van der Waals surface area contributed by atoms with E-state index in [4.69, 9.17) is 0 Å². The van der Waals surface area contributed by atoms with Crippen LogP contribution in [-0.2, 0) is 0 Å². The number of rotatable bonds is 2. The van der Waals surface area contributed by atoms with Crippen molar-refractivity contribution in [1.82, 2.24) is 0 Å². The maximum absolute atomic E-state index is 2.48. The third kappa shape index (κ3) is 1.76. The Morgan fingerprint density at radius 1 is 1.07 bits per heavy atom. The smallest absolute Gasteiger partial charge is 0.0664 e. The maximum Gasteiger partial charge on any atom is 0.109 e. The lowest BCUT2D eigenvalue weighted by molar-refractivity contribution is 0.209. The van der Waals surface area contributed by atoms with E-state index < -0.39 is 0 Å². The van der Waals surface area contributed by atoms with Crippen molar-refractivity contribution in [1.29, 1.82) is 0 Å². The van der Waals surface area contributed by atoms with Gasteiger partial charge in [0.05, 0.1) is 0 Å². The Kier molecular flexibility index (Phi) is 2.67. The summed E-state index contributed by atoms with van der Waals surface area (Å²) in [4.78, 5) is 0. The van der Waals surface area contributed by atoms with Crippen LogP contribution in [0.25, 0.3) is 0 Å². The molecule has 0 aromatic carbocycles. The van der Waals surface area contributed by atoms with Gasteiger partial charge in [0.25, 0.3) is 0 Å². The summed E-state index contributed by atoms with van der Waals surface area (Å²) < 4.78 is 0.